The molecule has 0 bridgehead atoms. The highest BCUT2D eigenvalue weighted by Gasteiger charge is 2.08. The number of nitrogens with zero attached hydrogens (tertiary/aromatic N) is 1. The van der Waals surface area contributed by atoms with Gasteiger partial charge in [-0.05, 0) is 18.2 Å². The molecule has 0 radical (unpaired) electrons. The highest BCUT2D eigenvalue weighted by molar-refractivity contribution is 5.60. The normalized spacial score (nSPS) is 10.2. The Balaban J connectivity index is 2.48. The van der Waals surface area contributed by atoms with Crippen LogP contribution in [-0.4, -0.2) is 12.1 Å². The van der Waals surface area contributed by atoms with Crippen LogP contribution in [0.25, 0.3) is 11.3 Å². The molecule has 0 spiro atoms. The van der Waals surface area contributed by atoms with Crippen molar-refractivity contribution >= 4 is 0 Å². The van der Waals surface area contributed by atoms with Crippen LogP contribution >= 0.6 is 0 Å². The number of ether oxygens (including phenoxy) is 1. The molecular weight excluding hydrogens is 212 g/mol. The van der Waals surface area contributed by atoms with Gasteiger partial charge in [0.1, 0.15) is 17.4 Å². The molecule has 0 aliphatic rings. The zero-order valence-electron chi connectivity index (χ0n) is 8.58. The van der Waals surface area contributed by atoms with E-state index < -0.39 is 11.6 Å². The lowest BCUT2D eigenvalue weighted by molar-refractivity contribution is 0.411. The van der Waals surface area contributed by atoms with E-state index in [2.05, 4.69) is 4.98 Å². The van der Waals surface area contributed by atoms with Gasteiger partial charge in [-0.1, -0.05) is 0 Å². The Labute approximate surface area is 91.5 Å². The fourth-order valence-electron chi connectivity index (χ4n) is 1.38. The molecule has 1 aromatic carbocycles. The minimum atomic E-state index is -0.488. The highest BCUT2D eigenvalue weighted by atomic mass is 19.1. The predicted octanol–water partition coefficient (Wildman–Crippen LogP) is 3.04. The van der Waals surface area contributed by atoms with Crippen LogP contribution in [0.5, 0.6) is 5.75 Å². The van der Waals surface area contributed by atoms with Gasteiger partial charge in [-0.3, -0.25) is 4.98 Å². The fourth-order valence-corrected chi connectivity index (χ4v) is 1.38. The van der Waals surface area contributed by atoms with Crippen molar-refractivity contribution in [2.45, 2.75) is 0 Å². The van der Waals surface area contributed by atoms with Gasteiger partial charge in [0.2, 0.25) is 0 Å². The standard InChI is InChI=1S/C12H9F2NO/c1-16-9-2-3-10(11(14)7-9)12-6-8(13)4-5-15-12/h2-7H,1H3. The Kier molecular flexibility index (Phi) is 2.81. The van der Waals surface area contributed by atoms with Crippen LogP contribution in [-0.2, 0) is 0 Å². The third-order valence-electron chi connectivity index (χ3n) is 2.17. The summed E-state index contributed by atoms with van der Waals surface area (Å²) in [7, 11) is 1.45. The minimum Gasteiger partial charge on any atom is -0.497 e. The average Bonchev–Trinajstić information content (AvgIpc) is 2.28. The number of methoxy groups -OCH3 is 1. The maximum atomic E-state index is 13.6. The molecule has 0 amide bonds. The molecule has 82 valence electrons. The van der Waals surface area contributed by atoms with Crippen LogP contribution in [0.1, 0.15) is 0 Å². The average molecular weight is 221 g/mol. The lowest BCUT2D eigenvalue weighted by atomic mass is 10.1. The van der Waals surface area contributed by atoms with Gasteiger partial charge in [0.05, 0.1) is 12.8 Å². The zero-order chi connectivity index (χ0) is 11.5. The Morgan fingerprint density at radius 2 is 1.94 bits per heavy atom. The van der Waals surface area contributed by atoms with E-state index in [1.807, 2.05) is 0 Å². The fraction of sp³-hybridized carbons (Fsp3) is 0.0833. The highest BCUT2D eigenvalue weighted by Crippen LogP contribution is 2.24. The monoisotopic (exact) mass is 221 g/mol. The second-order valence-corrected chi connectivity index (χ2v) is 3.21. The van der Waals surface area contributed by atoms with Crippen molar-refractivity contribution in [3.63, 3.8) is 0 Å². The largest absolute Gasteiger partial charge is 0.497 e. The molecule has 2 rings (SSSR count). The lowest BCUT2D eigenvalue weighted by Gasteiger charge is -2.04. The molecule has 2 nitrogen and oxygen atoms in total. The lowest BCUT2D eigenvalue weighted by Crippen LogP contribution is -1.90. The number of halogens is 2. The van der Waals surface area contributed by atoms with Gasteiger partial charge in [-0.15, -0.1) is 0 Å². The molecular formula is C12H9F2NO. The molecule has 4 heteroatoms. The molecule has 0 N–H and O–H groups in total. The summed E-state index contributed by atoms with van der Waals surface area (Å²) in [4.78, 5) is 3.91. The van der Waals surface area contributed by atoms with Crippen molar-refractivity contribution in [3.8, 4) is 17.0 Å². The third kappa shape index (κ3) is 2.00. The molecule has 0 atom stereocenters. The second kappa shape index (κ2) is 4.26. The summed E-state index contributed by atoms with van der Waals surface area (Å²) in [6, 6.07) is 6.75. The van der Waals surface area contributed by atoms with E-state index in [1.165, 1.54) is 37.6 Å². The van der Waals surface area contributed by atoms with Crippen molar-refractivity contribution in [1.82, 2.24) is 4.98 Å². The van der Waals surface area contributed by atoms with Crippen LogP contribution in [0.3, 0.4) is 0 Å². The van der Waals surface area contributed by atoms with Gasteiger partial charge >= 0.3 is 0 Å². The Morgan fingerprint density at radius 1 is 1.12 bits per heavy atom. The first kappa shape index (κ1) is 10.5. The van der Waals surface area contributed by atoms with E-state index >= 15 is 0 Å². The zero-order valence-corrected chi connectivity index (χ0v) is 8.58. The van der Waals surface area contributed by atoms with E-state index in [1.54, 1.807) is 6.07 Å². The molecule has 16 heavy (non-hydrogen) atoms. The van der Waals surface area contributed by atoms with E-state index in [0.29, 0.717) is 5.75 Å². The van der Waals surface area contributed by atoms with Gasteiger partial charge in [0, 0.05) is 23.9 Å². The summed E-state index contributed by atoms with van der Waals surface area (Å²) in [5, 5.41) is 0. The summed E-state index contributed by atoms with van der Waals surface area (Å²) in [5.74, 6) is -0.518. The quantitative estimate of drug-likeness (QED) is 0.777. The molecule has 1 aromatic heterocycles. The van der Waals surface area contributed by atoms with Crippen molar-refractivity contribution < 1.29 is 13.5 Å². The Morgan fingerprint density at radius 3 is 2.56 bits per heavy atom. The SMILES string of the molecule is COc1ccc(-c2cc(F)ccn2)c(F)c1. The molecule has 0 saturated carbocycles. The molecule has 0 aliphatic heterocycles. The number of aromatic nitrogens is 1. The summed E-state index contributed by atoms with van der Waals surface area (Å²) < 4.78 is 31.4. The smallest absolute Gasteiger partial charge is 0.136 e. The molecule has 2 aromatic rings. The van der Waals surface area contributed by atoms with E-state index in [-0.39, 0.29) is 11.3 Å². The third-order valence-corrected chi connectivity index (χ3v) is 2.17. The van der Waals surface area contributed by atoms with Crippen LogP contribution < -0.4 is 4.74 Å². The predicted molar refractivity (Wildman–Crippen MR) is 56.1 cm³/mol. The first-order valence-corrected chi connectivity index (χ1v) is 4.66. The second-order valence-electron chi connectivity index (χ2n) is 3.21. The topological polar surface area (TPSA) is 22.1 Å². The number of hydrogen-bond donors (Lipinski definition) is 0. The Hall–Kier alpha value is -1.97. The van der Waals surface area contributed by atoms with Crippen LogP contribution in [0.4, 0.5) is 8.78 Å². The van der Waals surface area contributed by atoms with E-state index in [4.69, 9.17) is 4.74 Å². The number of pyridine rings is 1. The van der Waals surface area contributed by atoms with Gasteiger partial charge in [-0.2, -0.15) is 0 Å². The van der Waals surface area contributed by atoms with Crippen LogP contribution in [0.2, 0.25) is 0 Å². The minimum absolute atomic E-state index is 0.250. The van der Waals surface area contributed by atoms with Crippen molar-refractivity contribution in [2.24, 2.45) is 0 Å². The van der Waals surface area contributed by atoms with E-state index in [0.717, 1.165) is 0 Å². The molecule has 0 fully saturated rings. The van der Waals surface area contributed by atoms with Gasteiger partial charge in [0.15, 0.2) is 0 Å². The summed E-state index contributed by atoms with van der Waals surface area (Å²) in [6.07, 6.45) is 1.30. The number of benzene rings is 1. The van der Waals surface area contributed by atoms with Gasteiger partial charge < -0.3 is 4.74 Å². The van der Waals surface area contributed by atoms with Crippen molar-refractivity contribution in [3.05, 3.63) is 48.2 Å². The Bertz CT molecular complexity index is 514. The first-order valence-electron chi connectivity index (χ1n) is 4.66. The van der Waals surface area contributed by atoms with Crippen molar-refractivity contribution in [1.29, 1.82) is 0 Å². The first-order chi connectivity index (χ1) is 7.70. The van der Waals surface area contributed by atoms with Crippen LogP contribution in [0, 0.1) is 11.6 Å². The maximum Gasteiger partial charge on any atom is 0.136 e. The maximum absolute atomic E-state index is 13.6. The van der Waals surface area contributed by atoms with Crippen molar-refractivity contribution in [2.75, 3.05) is 7.11 Å². The van der Waals surface area contributed by atoms with Gasteiger partial charge in [0.25, 0.3) is 0 Å². The summed E-state index contributed by atoms with van der Waals surface area (Å²) >= 11 is 0. The number of rotatable bonds is 2. The summed E-state index contributed by atoms with van der Waals surface area (Å²) in [6.45, 7) is 0. The molecule has 1 heterocycles. The summed E-state index contributed by atoms with van der Waals surface area (Å²) in [5.41, 5.74) is 0.514. The van der Waals surface area contributed by atoms with E-state index in [9.17, 15) is 8.78 Å². The van der Waals surface area contributed by atoms with Gasteiger partial charge in [-0.25, -0.2) is 8.78 Å². The number of hydrogen-bond acceptors (Lipinski definition) is 2. The molecule has 0 unspecified atom stereocenters. The van der Waals surface area contributed by atoms with Crippen LogP contribution in [0.15, 0.2) is 36.5 Å². The molecule has 0 saturated heterocycles. The molecule has 0 aliphatic carbocycles.